The standard InChI is InChI=1S/C14H18ClN3O3/c15-11-2-4-12(5-3-11)18(10-13(19)20)14(21)17-8-1-6-16-7-9-17/h2-5,16H,1,6-10H2,(H,19,20). The lowest BCUT2D eigenvalue weighted by molar-refractivity contribution is -0.135. The number of benzene rings is 1. The topological polar surface area (TPSA) is 72.9 Å². The first-order chi connectivity index (χ1) is 10.1. The third-order valence-corrected chi connectivity index (χ3v) is 3.53. The minimum atomic E-state index is -1.05. The lowest BCUT2D eigenvalue weighted by Gasteiger charge is -2.28. The molecule has 1 aliphatic heterocycles. The maximum absolute atomic E-state index is 12.6. The number of aliphatic carboxylic acids is 1. The number of nitrogens with one attached hydrogen (secondary N) is 1. The van der Waals surface area contributed by atoms with Gasteiger partial charge in [-0.3, -0.25) is 9.69 Å². The molecule has 0 unspecified atom stereocenters. The maximum atomic E-state index is 12.6. The van der Waals surface area contributed by atoms with E-state index in [0.717, 1.165) is 13.0 Å². The summed E-state index contributed by atoms with van der Waals surface area (Å²) in [4.78, 5) is 26.6. The van der Waals surface area contributed by atoms with Gasteiger partial charge in [-0.25, -0.2) is 4.79 Å². The number of hydrogen-bond acceptors (Lipinski definition) is 3. The number of urea groups is 1. The summed E-state index contributed by atoms with van der Waals surface area (Å²) < 4.78 is 0. The molecule has 2 N–H and O–H groups in total. The number of hydrogen-bond donors (Lipinski definition) is 2. The number of halogens is 1. The first-order valence-electron chi connectivity index (χ1n) is 6.82. The van der Waals surface area contributed by atoms with E-state index in [1.165, 1.54) is 4.90 Å². The number of carboxylic acid groups (broad SMARTS) is 1. The van der Waals surface area contributed by atoms with Gasteiger partial charge < -0.3 is 15.3 Å². The molecule has 1 fully saturated rings. The molecule has 0 spiro atoms. The Bertz CT molecular complexity index is 499. The predicted octanol–water partition coefficient (Wildman–Crippen LogP) is 1.65. The molecule has 2 rings (SSSR count). The molecule has 1 aliphatic rings. The quantitative estimate of drug-likeness (QED) is 0.890. The summed E-state index contributed by atoms with van der Waals surface area (Å²) in [5.74, 6) is -1.05. The van der Waals surface area contributed by atoms with E-state index in [1.807, 2.05) is 0 Å². The fraction of sp³-hybridized carbons (Fsp3) is 0.429. The van der Waals surface area contributed by atoms with Crippen molar-refractivity contribution in [3.05, 3.63) is 29.3 Å². The molecule has 1 heterocycles. The molecule has 0 saturated carbocycles. The summed E-state index contributed by atoms with van der Waals surface area (Å²) >= 11 is 5.83. The minimum absolute atomic E-state index is 0.288. The highest BCUT2D eigenvalue weighted by Crippen LogP contribution is 2.19. The molecule has 0 aliphatic carbocycles. The van der Waals surface area contributed by atoms with Crippen molar-refractivity contribution in [2.45, 2.75) is 6.42 Å². The van der Waals surface area contributed by atoms with E-state index in [1.54, 1.807) is 29.2 Å². The van der Waals surface area contributed by atoms with Gasteiger partial charge in [0.25, 0.3) is 0 Å². The van der Waals surface area contributed by atoms with E-state index in [2.05, 4.69) is 5.32 Å². The Kier molecular flexibility index (Phi) is 5.41. The zero-order valence-electron chi connectivity index (χ0n) is 11.6. The number of carbonyl (C=O) groups is 2. The third-order valence-electron chi connectivity index (χ3n) is 3.27. The van der Waals surface area contributed by atoms with E-state index < -0.39 is 5.97 Å². The average molecular weight is 312 g/mol. The zero-order chi connectivity index (χ0) is 15.2. The number of carbonyl (C=O) groups excluding carboxylic acids is 1. The summed E-state index contributed by atoms with van der Waals surface area (Å²) in [7, 11) is 0. The highest BCUT2D eigenvalue weighted by atomic mass is 35.5. The van der Waals surface area contributed by atoms with Crippen molar-refractivity contribution in [1.82, 2.24) is 10.2 Å². The van der Waals surface area contributed by atoms with Crippen molar-refractivity contribution in [1.29, 1.82) is 0 Å². The van der Waals surface area contributed by atoms with Crippen molar-refractivity contribution in [3.8, 4) is 0 Å². The number of anilines is 1. The van der Waals surface area contributed by atoms with Crippen LogP contribution in [-0.4, -0.2) is 54.7 Å². The second-order valence-electron chi connectivity index (χ2n) is 4.83. The highest BCUT2D eigenvalue weighted by Gasteiger charge is 2.24. The van der Waals surface area contributed by atoms with Crippen LogP contribution in [0.5, 0.6) is 0 Å². The Morgan fingerprint density at radius 1 is 1.24 bits per heavy atom. The minimum Gasteiger partial charge on any atom is -0.480 e. The molecule has 1 saturated heterocycles. The van der Waals surface area contributed by atoms with Crippen molar-refractivity contribution < 1.29 is 14.7 Å². The molecule has 7 heteroatoms. The summed E-state index contributed by atoms with van der Waals surface area (Å²) in [5, 5.41) is 12.8. The molecule has 1 aromatic carbocycles. The van der Waals surface area contributed by atoms with Gasteiger partial charge in [0.15, 0.2) is 0 Å². The molecule has 1 aromatic rings. The van der Waals surface area contributed by atoms with Crippen LogP contribution in [0.2, 0.25) is 5.02 Å². The normalized spacial score (nSPS) is 15.4. The second-order valence-corrected chi connectivity index (χ2v) is 5.27. The van der Waals surface area contributed by atoms with E-state index in [-0.39, 0.29) is 12.6 Å². The smallest absolute Gasteiger partial charge is 0.325 e. The monoisotopic (exact) mass is 311 g/mol. The number of nitrogens with zero attached hydrogens (tertiary/aromatic N) is 2. The lowest BCUT2D eigenvalue weighted by Crippen LogP contribution is -2.46. The van der Waals surface area contributed by atoms with Gasteiger partial charge in [0.1, 0.15) is 6.54 Å². The van der Waals surface area contributed by atoms with Crippen molar-refractivity contribution in [3.63, 3.8) is 0 Å². The predicted molar refractivity (Wildman–Crippen MR) is 80.9 cm³/mol. The van der Waals surface area contributed by atoms with Gasteiger partial charge in [-0.2, -0.15) is 0 Å². The van der Waals surface area contributed by atoms with E-state index in [9.17, 15) is 9.59 Å². The van der Waals surface area contributed by atoms with E-state index in [0.29, 0.717) is 30.3 Å². The van der Waals surface area contributed by atoms with Gasteiger partial charge in [-0.1, -0.05) is 11.6 Å². The van der Waals surface area contributed by atoms with Gasteiger partial charge in [-0.05, 0) is 37.2 Å². The van der Waals surface area contributed by atoms with Gasteiger partial charge in [0, 0.05) is 30.3 Å². The molecule has 114 valence electrons. The van der Waals surface area contributed by atoms with Gasteiger partial charge in [0.2, 0.25) is 0 Å². The Morgan fingerprint density at radius 3 is 2.62 bits per heavy atom. The van der Waals surface area contributed by atoms with Crippen LogP contribution in [0.15, 0.2) is 24.3 Å². The van der Waals surface area contributed by atoms with Gasteiger partial charge in [0.05, 0.1) is 0 Å². The first-order valence-corrected chi connectivity index (χ1v) is 7.20. The summed E-state index contributed by atoms with van der Waals surface area (Å²) in [6.07, 6.45) is 0.854. The second kappa shape index (κ2) is 7.28. The molecule has 0 radical (unpaired) electrons. The first kappa shape index (κ1) is 15.6. The van der Waals surface area contributed by atoms with Crippen LogP contribution in [0.3, 0.4) is 0 Å². The van der Waals surface area contributed by atoms with Crippen LogP contribution < -0.4 is 10.2 Å². The molecule has 21 heavy (non-hydrogen) atoms. The van der Waals surface area contributed by atoms with E-state index >= 15 is 0 Å². The van der Waals surface area contributed by atoms with Crippen molar-refractivity contribution in [2.24, 2.45) is 0 Å². The molecular formula is C14H18ClN3O3. The molecule has 2 amide bonds. The molecule has 6 nitrogen and oxygen atoms in total. The maximum Gasteiger partial charge on any atom is 0.325 e. The number of carboxylic acids is 1. The Morgan fingerprint density at radius 2 is 1.95 bits per heavy atom. The van der Waals surface area contributed by atoms with Gasteiger partial charge >= 0.3 is 12.0 Å². The summed E-state index contributed by atoms with van der Waals surface area (Å²) in [5.41, 5.74) is 0.531. The van der Waals surface area contributed by atoms with E-state index in [4.69, 9.17) is 16.7 Å². The van der Waals surface area contributed by atoms with Crippen LogP contribution in [0, 0.1) is 0 Å². The Labute approximate surface area is 128 Å². The molecular weight excluding hydrogens is 294 g/mol. The fourth-order valence-corrected chi connectivity index (χ4v) is 2.36. The average Bonchev–Trinajstić information content (AvgIpc) is 2.74. The Balaban J connectivity index is 2.19. The molecule has 0 atom stereocenters. The van der Waals surface area contributed by atoms with Crippen LogP contribution >= 0.6 is 11.6 Å². The van der Waals surface area contributed by atoms with Crippen molar-refractivity contribution >= 4 is 29.3 Å². The molecule has 0 bridgehead atoms. The largest absolute Gasteiger partial charge is 0.480 e. The summed E-state index contributed by atoms with van der Waals surface area (Å²) in [6.45, 7) is 2.40. The summed E-state index contributed by atoms with van der Waals surface area (Å²) in [6, 6.07) is 6.30. The fourth-order valence-electron chi connectivity index (χ4n) is 2.23. The van der Waals surface area contributed by atoms with Crippen LogP contribution in [-0.2, 0) is 4.79 Å². The highest BCUT2D eigenvalue weighted by molar-refractivity contribution is 6.30. The van der Waals surface area contributed by atoms with Crippen molar-refractivity contribution in [2.75, 3.05) is 37.6 Å². The number of rotatable bonds is 3. The number of amides is 2. The Hall–Kier alpha value is -1.79. The molecule has 0 aromatic heterocycles. The lowest BCUT2D eigenvalue weighted by atomic mass is 10.3. The van der Waals surface area contributed by atoms with Crippen LogP contribution in [0.25, 0.3) is 0 Å². The third kappa shape index (κ3) is 4.34. The SMILES string of the molecule is O=C(O)CN(C(=O)N1CCCNCC1)c1ccc(Cl)cc1. The van der Waals surface area contributed by atoms with Crippen LogP contribution in [0.1, 0.15) is 6.42 Å². The van der Waals surface area contributed by atoms with Gasteiger partial charge in [-0.15, -0.1) is 0 Å². The van der Waals surface area contributed by atoms with Crippen LogP contribution in [0.4, 0.5) is 10.5 Å². The zero-order valence-corrected chi connectivity index (χ0v) is 12.3.